The standard InChI is InChI=1S/C24H26N2O5/c1-14-21(25-24(30)31-13-16-6-4-3-5-7-16)19-12-18(23(28)29)10-11-20(19)26(15(2)27)22(14)17-8-9-17/h3-7,10-12,14,17,21-22H,8-9,13H2,1-2H3,(H,25,30)(H,28,29). The number of amides is 2. The van der Waals surface area contributed by atoms with E-state index in [2.05, 4.69) is 5.32 Å². The molecule has 1 aliphatic carbocycles. The van der Waals surface area contributed by atoms with E-state index in [9.17, 15) is 19.5 Å². The van der Waals surface area contributed by atoms with Crippen LogP contribution in [-0.2, 0) is 16.1 Å². The van der Waals surface area contributed by atoms with Crippen LogP contribution in [0.25, 0.3) is 0 Å². The van der Waals surface area contributed by atoms with Gasteiger partial charge in [-0.25, -0.2) is 9.59 Å². The van der Waals surface area contributed by atoms with Crippen LogP contribution in [0.5, 0.6) is 0 Å². The molecule has 0 radical (unpaired) electrons. The molecule has 0 saturated heterocycles. The second kappa shape index (κ2) is 8.41. The Balaban J connectivity index is 1.64. The molecule has 2 N–H and O–H groups in total. The van der Waals surface area contributed by atoms with Gasteiger partial charge in [0.25, 0.3) is 0 Å². The fourth-order valence-electron chi connectivity index (χ4n) is 4.59. The van der Waals surface area contributed by atoms with Crippen molar-refractivity contribution in [1.82, 2.24) is 5.32 Å². The first-order valence-electron chi connectivity index (χ1n) is 10.5. The quantitative estimate of drug-likeness (QED) is 0.755. The van der Waals surface area contributed by atoms with Crippen molar-refractivity contribution >= 4 is 23.7 Å². The normalized spacial score (nSPS) is 22.4. The number of alkyl carbamates (subject to hydrolysis) is 1. The van der Waals surface area contributed by atoms with E-state index in [1.807, 2.05) is 37.3 Å². The average Bonchev–Trinajstić information content (AvgIpc) is 3.59. The highest BCUT2D eigenvalue weighted by atomic mass is 16.5. The molecular formula is C24H26N2O5. The number of hydrogen-bond acceptors (Lipinski definition) is 4. The van der Waals surface area contributed by atoms with Crippen LogP contribution >= 0.6 is 0 Å². The monoisotopic (exact) mass is 422 g/mol. The summed E-state index contributed by atoms with van der Waals surface area (Å²) in [7, 11) is 0. The molecule has 31 heavy (non-hydrogen) atoms. The van der Waals surface area contributed by atoms with E-state index in [0.717, 1.165) is 18.4 Å². The van der Waals surface area contributed by atoms with Gasteiger partial charge in [0, 0.05) is 24.6 Å². The van der Waals surface area contributed by atoms with Crippen LogP contribution in [0.3, 0.4) is 0 Å². The zero-order valence-electron chi connectivity index (χ0n) is 17.6. The SMILES string of the molecule is CC(=O)N1c2ccc(C(=O)O)cc2C(NC(=O)OCc2ccccc2)C(C)C1C1CC1. The Bertz CT molecular complexity index is 1000. The Morgan fingerprint density at radius 1 is 1.13 bits per heavy atom. The summed E-state index contributed by atoms with van der Waals surface area (Å²) in [5.41, 5.74) is 2.27. The van der Waals surface area contributed by atoms with Crippen molar-refractivity contribution in [3.63, 3.8) is 0 Å². The lowest BCUT2D eigenvalue weighted by atomic mass is 9.79. The van der Waals surface area contributed by atoms with Gasteiger partial charge in [0.05, 0.1) is 11.6 Å². The first kappa shape index (κ1) is 20.9. The third-order valence-corrected chi connectivity index (χ3v) is 6.16. The molecule has 2 amide bonds. The highest BCUT2D eigenvalue weighted by molar-refractivity contribution is 5.96. The predicted octanol–water partition coefficient (Wildman–Crippen LogP) is 4.13. The summed E-state index contributed by atoms with van der Waals surface area (Å²) in [6.45, 7) is 3.66. The van der Waals surface area contributed by atoms with Crippen LogP contribution in [0.1, 0.15) is 54.2 Å². The van der Waals surface area contributed by atoms with Gasteiger partial charge in [0.15, 0.2) is 0 Å². The molecule has 1 aliphatic heterocycles. The Morgan fingerprint density at radius 2 is 1.84 bits per heavy atom. The van der Waals surface area contributed by atoms with Crippen molar-refractivity contribution in [3.05, 3.63) is 65.2 Å². The Hall–Kier alpha value is -3.35. The lowest BCUT2D eigenvalue weighted by Gasteiger charge is -2.45. The summed E-state index contributed by atoms with van der Waals surface area (Å²) in [6, 6.07) is 13.6. The van der Waals surface area contributed by atoms with E-state index in [1.54, 1.807) is 17.0 Å². The van der Waals surface area contributed by atoms with E-state index in [-0.39, 0.29) is 30.0 Å². The van der Waals surface area contributed by atoms with Gasteiger partial charge in [-0.1, -0.05) is 37.3 Å². The molecular weight excluding hydrogens is 396 g/mol. The zero-order valence-corrected chi connectivity index (χ0v) is 17.6. The third-order valence-electron chi connectivity index (χ3n) is 6.16. The van der Waals surface area contributed by atoms with E-state index in [4.69, 9.17) is 4.74 Å². The first-order chi connectivity index (χ1) is 14.9. The van der Waals surface area contributed by atoms with Crippen molar-refractivity contribution in [1.29, 1.82) is 0 Å². The number of anilines is 1. The number of carbonyl (C=O) groups is 3. The minimum Gasteiger partial charge on any atom is -0.478 e. The maximum atomic E-state index is 12.6. The minimum absolute atomic E-state index is 0.0555. The molecule has 3 unspecified atom stereocenters. The number of nitrogens with zero attached hydrogens (tertiary/aromatic N) is 1. The summed E-state index contributed by atoms with van der Waals surface area (Å²) >= 11 is 0. The summed E-state index contributed by atoms with van der Waals surface area (Å²) in [6.07, 6.45) is 1.50. The second-order valence-corrected chi connectivity index (χ2v) is 8.34. The van der Waals surface area contributed by atoms with Crippen LogP contribution < -0.4 is 10.2 Å². The van der Waals surface area contributed by atoms with E-state index in [0.29, 0.717) is 17.2 Å². The molecule has 2 aliphatic rings. The van der Waals surface area contributed by atoms with Gasteiger partial charge in [-0.05, 0) is 48.1 Å². The molecule has 2 aromatic carbocycles. The van der Waals surface area contributed by atoms with Crippen LogP contribution in [0.15, 0.2) is 48.5 Å². The van der Waals surface area contributed by atoms with E-state index in [1.165, 1.54) is 13.0 Å². The maximum Gasteiger partial charge on any atom is 0.407 e. The number of carbonyl (C=O) groups excluding carboxylic acids is 2. The second-order valence-electron chi connectivity index (χ2n) is 8.34. The number of benzene rings is 2. The van der Waals surface area contributed by atoms with Crippen molar-refractivity contribution in [2.45, 2.75) is 45.4 Å². The Kier molecular flexibility index (Phi) is 5.67. The highest BCUT2D eigenvalue weighted by Crippen LogP contribution is 2.49. The number of carboxylic acid groups (broad SMARTS) is 1. The number of hydrogen-bond donors (Lipinski definition) is 2. The molecule has 0 bridgehead atoms. The van der Waals surface area contributed by atoms with E-state index >= 15 is 0 Å². The number of nitrogens with one attached hydrogen (secondary N) is 1. The van der Waals surface area contributed by atoms with Crippen LogP contribution in [-0.4, -0.2) is 29.1 Å². The summed E-state index contributed by atoms with van der Waals surface area (Å²) in [4.78, 5) is 38.5. The largest absolute Gasteiger partial charge is 0.478 e. The van der Waals surface area contributed by atoms with Gasteiger partial charge in [0.2, 0.25) is 5.91 Å². The molecule has 2 aromatic rings. The Labute approximate surface area is 181 Å². The third kappa shape index (κ3) is 4.26. The molecule has 0 aromatic heterocycles. The molecule has 162 valence electrons. The van der Waals surface area contributed by atoms with Crippen molar-refractivity contribution in [2.75, 3.05) is 4.90 Å². The van der Waals surface area contributed by atoms with Crippen molar-refractivity contribution in [3.8, 4) is 0 Å². The number of rotatable bonds is 5. The summed E-state index contributed by atoms with van der Waals surface area (Å²) < 4.78 is 5.41. The van der Waals surface area contributed by atoms with Gasteiger partial charge in [0.1, 0.15) is 6.61 Å². The number of fused-ring (bicyclic) bond motifs is 1. The van der Waals surface area contributed by atoms with Gasteiger partial charge in [-0.15, -0.1) is 0 Å². The molecule has 3 atom stereocenters. The van der Waals surface area contributed by atoms with Crippen LogP contribution in [0, 0.1) is 11.8 Å². The van der Waals surface area contributed by atoms with Crippen LogP contribution in [0.4, 0.5) is 10.5 Å². The number of ether oxygens (including phenoxy) is 1. The lowest BCUT2D eigenvalue weighted by Crippen LogP contribution is -2.53. The first-order valence-corrected chi connectivity index (χ1v) is 10.5. The molecule has 1 saturated carbocycles. The average molecular weight is 422 g/mol. The molecule has 1 heterocycles. The molecule has 4 rings (SSSR count). The van der Waals surface area contributed by atoms with E-state index < -0.39 is 18.1 Å². The topological polar surface area (TPSA) is 95.9 Å². The Morgan fingerprint density at radius 3 is 2.45 bits per heavy atom. The molecule has 1 fully saturated rings. The fourth-order valence-corrected chi connectivity index (χ4v) is 4.59. The number of aromatic carboxylic acids is 1. The molecule has 7 nitrogen and oxygen atoms in total. The smallest absolute Gasteiger partial charge is 0.407 e. The van der Waals surface area contributed by atoms with Gasteiger partial charge in [-0.2, -0.15) is 0 Å². The van der Waals surface area contributed by atoms with Crippen molar-refractivity contribution in [2.24, 2.45) is 11.8 Å². The summed E-state index contributed by atoms with van der Waals surface area (Å²) in [5.74, 6) is -0.870. The zero-order chi connectivity index (χ0) is 22.1. The minimum atomic E-state index is -1.06. The van der Waals surface area contributed by atoms with Gasteiger partial charge < -0.3 is 20.1 Å². The molecule has 7 heteroatoms. The van der Waals surface area contributed by atoms with Crippen LogP contribution in [0.2, 0.25) is 0 Å². The maximum absolute atomic E-state index is 12.6. The fraction of sp³-hybridized carbons (Fsp3) is 0.375. The number of carboxylic acids is 1. The summed E-state index contributed by atoms with van der Waals surface area (Å²) in [5, 5.41) is 12.4. The lowest BCUT2D eigenvalue weighted by molar-refractivity contribution is -0.117. The highest BCUT2D eigenvalue weighted by Gasteiger charge is 2.48. The van der Waals surface area contributed by atoms with Crippen molar-refractivity contribution < 1.29 is 24.2 Å². The van der Waals surface area contributed by atoms with Gasteiger partial charge >= 0.3 is 12.1 Å². The predicted molar refractivity (Wildman–Crippen MR) is 115 cm³/mol. The van der Waals surface area contributed by atoms with Gasteiger partial charge in [-0.3, -0.25) is 4.79 Å². The molecule has 0 spiro atoms.